The van der Waals surface area contributed by atoms with Gasteiger partial charge in [-0.05, 0) is 46.5 Å². The van der Waals surface area contributed by atoms with Crippen LogP contribution in [0, 0.1) is 0 Å². The van der Waals surface area contributed by atoms with E-state index in [4.69, 9.17) is 9.84 Å². The maximum atomic E-state index is 12.3. The van der Waals surface area contributed by atoms with Crippen molar-refractivity contribution >= 4 is 23.8 Å². The Labute approximate surface area is 143 Å². The number of hydrogen-bond donors (Lipinski definition) is 2. The molecule has 1 atom stereocenters. The maximum absolute atomic E-state index is 12.3. The Kier molecular flexibility index (Phi) is 8.76. The first-order chi connectivity index (χ1) is 10.8. The molecule has 0 bridgehead atoms. The van der Waals surface area contributed by atoms with Crippen LogP contribution in [-0.4, -0.2) is 64.9 Å². The molecule has 0 radical (unpaired) electrons. The second-order valence-corrected chi connectivity index (χ2v) is 7.84. The van der Waals surface area contributed by atoms with E-state index >= 15 is 0 Å². The van der Waals surface area contributed by atoms with Crippen LogP contribution in [0.3, 0.4) is 0 Å². The lowest BCUT2D eigenvalue weighted by Gasteiger charge is -2.35. The molecule has 0 aromatic rings. The minimum absolute atomic E-state index is 0.126. The van der Waals surface area contributed by atoms with Crippen molar-refractivity contribution in [1.29, 1.82) is 0 Å². The summed E-state index contributed by atoms with van der Waals surface area (Å²) in [7, 11) is 0. The van der Waals surface area contributed by atoms with Crippen molar-refractivity contribution in [2.45, 2.75) is 58.1 Å². The van der Waals surface area contributed by atoms with Crippen LogP contribution in [0.5, 0.6) is 0 Å². The topological polar surface area (TPSA) is 78.9 Å². The zero-order chi connectivity index (χ0) is 17.3. The number of nitrogens with one attached hydrogen (secondary N) is 1. The molecule has 1 heterocycles. The number of aliphatic hydroxyl groups excluding tert-OH is 1. The molecule has 23 heavy (non-hydrogen) atoms. The number of nitrogens with zero attached hydrogens (tertiary/aromatic N) is 1. The normalized spacial score (nSPS) is 18.6. The Hall–Kier alpha value is -0.950. The van der Waals surface area contributed by atoms with E-state index in [1.807, 2.05) is 25.7 Å². The number of amides is 2. The van der Waals surface area contributed by atoms with Crippen LogP contribution >= 0.6 is 11.8 Å². The van der Waals surface area contributed by atoms with Crippen LogP contribution < -0.4 is 5.32 Å². The molecule has 2 amide bonds. The predicted molar refractivity (Wildman–Crippen MR) is 92.6 cm³/mol. The summed E-state index contributed by atoms with van der Waals surface area (Å²) < 4.78 is 5.14. The van der Waals surface area contributed by atoms with Crippen LogP contribution in [-0.2, 0) is 9.53 Å². The van der Waals surface area contributed by atoms with Crippen molar-refractivity contribution in [3.05, 3.63) is 0 Å². The zero-order valence-electron chi connectivity index (χ0n) is 14.5. The number of hydrogen-bond acceptors (Lipinski definition) is 5. The smallest absolute Gasteiger partial charge is 0.407 e. The summed E-state index contributed by atoms with van der Waals surface area (Å²) in [5.41, 5.74) is -0.497. The molecule has 1 saturated heterocycles. The van der Waals surface area contributed by atoms with Crippen molar-refractivity contribution in [1.82, 2.24) is 10.2 Å². The van der Waals surface area contributed by atoms with Crippen molar-refractivity contribution in [3.63, 3.8) is 0 Å². The van der Waals surface area contributed by atoms with E-state index in [1.54, 1.807) is 0 Å². The summed E-state index contributed by atoms with van der Waals surface area (Å²) in [5, 5.41) is 11.8. The Balaban J connectivity index is 2.19. The van der Waals surface area contributed by atoms with Crippen molar-refractivity contribution in [2.24, 2.45) is 0 Å². The quantitative estimate of drug-likeness (QED) is 0.690. The van der Waals surface area contributed by atoms with Gasteiger partial charge in [0.05, 0.1) is 5.75 Å². The van der Waals surface area contributed by atoms with E-state index in [9.17, 15) is 9.59 Å². The molecule has 7 heteroatoms. The Morgan fingerprint density at radius 2 is 2.09 bits per heavy atom. The summed E-state index contributed by atoms with van der Waals surface area (Å²) in [4.78, 5) is 25.7. The van der Waals surface area contributed by atoms with Crippen molar-refractivity contribution in [2.75, 3.05) is 31.2 Å². The largest absolute Gasteiger partial charge is 0.444 e. The number of likely N-dealkylation sites (tertiary alicyclic amines) is 1. The molecule has 0 aromatic carbocycles. The third kappa shape index (κ3) is 8.46. The molecule has 0 aliphatic carbocycles. The minimum atomic E-state index is -0.497. The molecule has 0 spiro atoms. The predicted octanol–water partition coefficient (Wildman–Crippen LogP) is 2.01. The summed E-state index contributed by atoms with van der Waals surface area (Å²) in [6.07, 6.45) is 3.39. The first kappa shape index (κ1) is 20.1. The van der Waals surface area contributed by atoms with Gasteiger partial charge in [-0.2, -0.15) is 11.8 Å². The van der Waals surface area contributed by atoms with Gasteiger partial charge in [0, 0.05) is 31.5 Å². The second-order valence-electron chi connectivity index (χ2n) is 6.73. The standard InChI is InChI=1S/C16H30N2O4S/c1-16(2,3)22-15(21)17-8-11-23-12-14(20)18-9-5-4-6-13(18)7-10-19/h13,19H,4-12H2,1-3H3,(H,17,21). The fourth-order valence-corrected chi connectivity index (χ4v) is 3.29. The highest BCUT2D eigenvalue weighted by atomic mass is 32.2. The number of alkyl carbamates (subject to hydrolysis) is 1. The fourth-order valence-electron chi connectivity index (χ4n) is 2.56. The molecule has 0 saturated carbocycles. The summed E-state index contributed by atoms with van der Waals surface area (Å²) >= 11 is 1.51. The highest BCUT2D eigenvalue weighted by Gasteiger charge is 2.25. The van der Waals surface area contributed by atoms with Gasteiger partial charge in [0.2, 0.25) is 5.91 Å². The van der Waals surface area contributed by atoms with E-state index < -0.39 is 11.7 Å². The van der Waals surface area contributed by atoms with Gasteiger partial charge in [-0.25, -0.2) is 4.79 Å². The highest BCUT2D eigenvalue weighted by molar-refractivity contribution is 7.99. The number of aliphatic hydroxyl groups is 1. The molecule has 0 aromatic heterocycles. The van der Waals surface area contributed by atoms with Gasteiger partial charge < -0.3 is 20.1 Å². The molecule has 134 valence electrons. The van der Waals surface area contributed by atoms with Gasteiger partial charge in [-0.15, -0.1) is 0 Å². The molecule has 6 nitrogen and oxygen atoms in total. The van der Waals surface area contributed by atoms with E-state index in [-0.39, 0.29) is 18.6 Å². The van der Waals surface area contributed by atoms with E-state index in [1.165, 1.54) is 11.8 Å². The Morgan fingerprint density at radius 3 is 2.74 bits per heavy atom. The molecule has 1 aliphatic rings. The minimum Gasteiger partial charge on any atom is -0.444 e. The van der Waals surface area contributed by atoms with E-state index in [0.717, 1.165) is 25.8 Å². The third-order valence-electron chi connectivity index (χ3n) is 3.55. The van der Waals surface area contributed by atoms with Gasteiger partial charge >= 0.3 is 6.09 Å². The number of rotatable bonds is 7. The van der Waals surface area contributed by atoms with Crippen LogP contribution in [0.2, 0.25) is 0 Å². The van der Waals surface area contributed by atoms with Gasteiger partial charge in [0.25, 0.3) is 0 Å². The Bertz CT molecular complexity index is 383. The monoisotopic (exact) mass is 346 g/mol. The van der Waals surface area contributed by atoms with Crippen molar-refractivity contribution < 1.29 is 19.4 Å². The number of ether oxygens (including phenoxy) is 1. The molecule has 2 N–H and O–H groups in total. The summed E-state index contributed by atoms with van der Waals surface area (Å²) in [6, 6.07) is 0.182. The van der Waals surface area contributed by atoms with Crippen LogP contribution in [0.25, 0.3) is 0 Å². The summed E-state index contributed by atoms with van der Waals surface area (Å²) in [5.74, 6) is 1.21. The van der Waals surface area contributed by atoms with Crippen molar-refractivity contribution in [3.8, 4) is 0 Å². The molecule has 1 rings (SSSR count). The number of carbonyl (C=O) groups is 2. The average Bonchev–Trinajstić information content (AvgIpc) is 2.45. The number of thioether (sulfide) groups is 1. The molecular formula is C16H30N2O4S. The number of carbonyl (C=O) groups excluding carboxylic acids is 2. The number of piperidine rings is 1. The molecular weight excluding hydrogens is 316 g/mol. The zero-order valence-corrected chi connectivity index (χ0v) is 15.3. The van der Waals surface area contributed by atoms with E-state index in [0.29, 0.717) is 24.5 Å². The van der Waals surface area contributed by atoms with Gasteiger partial charge in [-0.3, -0.25) is 4.79 Å². The second kappa shape index (κ2) is 10.0. The SMILES string of the molecule is CC(C)(C)OC(=O)NCCSCC(=O)N1CCCCC1CCO. The third-order valence-corrected chi connectivity index (χ3v) is 4.49. The highest BCUT2D eigenvalue weighted by Crippen LogP contribution is 2.20. The van der Waals surface area contributed by atoms with Gasteiger partial charge in [-0.1, -0.05) is 0 Å². The lowest BCUT2D eigenvalue weighted by atomic mass is 10.00. The first-order valence-corrected chi connectivity index (χ1v) is 9.44. The lowest BCUT2D eigenvalue weighted by Crippen LogP contribution is -2.45. The molecule has 1 aliphatic heterocycles. The maximum Gasteiger partial charge on any atom is 0.407 e. The molecule has 1 unspecified atom stereocenters. The fraction of sp³-hybridized carbons (Fsp3) is 0.875. The van der Waals surface area contributed by atoms with Crippen LogP contribution in [0.15, 0.2) is 0 Å². The van der Waals surface area contributed by atoms with E-state index in [2.05, 4.69) is 5.32 Å². The van der Waals surface area contributed by atoms with Gasteiger partial charge in [0.15, 0.2) is 0 Å². The van der Waals surface area contributed by atoms with Gasteiger partial charge in [0.1, 0.15) is 5.60 Å². The molecule has 1 fully saturated rings. The first-order valence-electron chi connectivity index (χ1n) is 8.28. The van der Waals surface area contributed by atoms with Crippen LogP contribution in [0.1, 0.15) is 46.5 Å². The average molecular weight is 346 g/mol. The Morgan fingerprint density at radius 1 is 1.35 bits per heavy atom. The van der Waals surface area contributed by atoms with Crippen LogP contribution in [0.4, 0.5) is 4.79 Å². The lowest BCUT2D eigenvalue weighted by molar-refractivity contribution is -0.132. The summed E-state index contributed by atoms with van der Waals surface area (Å²) in [6.45, 7) is 6.86.